The van der Waals surface area contributed by atoms with E-state index in [4.69, 9.17) is 21.8 Å². The van der Waals surface area contributed by atoms with Crippen molar-refractivity contribution in [3.05, 3.63) is 53.4 Å². The molecule has 5 heteroatoms. The number of aromatic nitrogens is 1. The number of fused-ring (bicyclic) bond motifs is 1. The lowest BCUT2D eigenvalue weighted by Crippen LogP contribution is -1.88. The first kappa shape index (κ1) is 12.4. The number of oxazole rings is 1. The zero-order chi connectivity index (χ0) is 13.2. The minimum atomic E-state index is 0.624. The highest BCUT2D eigenvalue weighted by atomic mass is 35.5. The van der Waals surface area contributed by atoms with Gasteiger partial charge in [-0.3, -0.25) is 0 Å². The maximum absolute atomic E-state index is 5.95. The Bertz CT molecular complexity index is 693. The third-order valence-electron chi connectivity index (χ3n) is 2.66. The van der Waals surface area contributed by atoms with Crippen LogP contribution < -0.4 is 5.73 Å². The van der Waals surface area contributed by atoms with Crippen LogP contribution in [0.25, 0.3) is 11.1 Å². The molecule has 2 aromatic carbocycles. The molecule has 0 radical (unpaired) electrons. The molecule has 19 heavy (non-hydrogen) atoms. The number of para-hydroxylation sites is 2. The highest BCUT2D eigenvalue weighted by molar-refractivity contribution is 7.98. The Balaban J connectivity index is 1.80. The second kappa shape index (κ2) is 5.15. The van der Waals surface area contributed by atoms with Gasteiger partial charge in [-0.25, -0.2) is 4.98 Å². The number of hydrogen-bond acceptors (Lipinski definition) is 4. The van der Waals surface area contributed by atoms with Gasteiger partial charge in [0.15, 0.2) is 5.58 Å². The smallest absolute Gasteiger partial charge is 0.205 e. The summed E-state index contributed by atoms with van der Waals surface area (Å²) in [6.07, 6.45) is 0. The number of thioether (sulfide) groups is 1. The minimum Gasteiger partial charge on any atom is -0.440 e. The third-order valence-corrected chi connectivity index (χ3v) is 3.96. The van der Waals surface area contributed by atoms with Crippen LogP contribution in [0.1, 0.15) is 5.89 Å². The molecular weight excluding hydrogens is 280 g/mol. The van der Waals surface area contributed by atoms with Crippen LogP contribution in [-0.4, -0.2) is 4.98 Å². The molecule has 3 rings (SSSR count). The summed E-state index contributed by atoms with van der Waals surface area (Å²) >= 11 is 7.52. The van der Waals surface area contributed by atoms with Crippen molar-refractivity contribution in [3.63, 3.8) is 0 Å². The number of halogens is 1. The highest BCUT2D eigenvalue weighted by Gasteiger charge is 2.07. The Hall–Kier alpha value is -1.65. The topological polar surface area (TPSA) is 52.0 Å². The van der Waals surface area contributed by atoms with E-state index >= 15 is 0 Å². The molecule has 0 saturated carbocycles. The van der Waals surface area contributed by atoms with Crippen LogP contribution in [0.15, 0.2) is 51.8 Å². The summed E-state index contributed by atoms with van der Waals surface area (Å²) in [5.41, 5.74) is 8.29. The van der Waals surface area contributed by atoms with Crippen LogP contribution in [0.5, 0.6) is 0 Å². The average molecular weight is 291 g/mol. The van der Waals surface area contributed by atoms with Crippen LogP contribution >= 0.6 is 23.4 Å². The molecule has 0 aliphatic heterocycles. The standard InChI is InChI=1S/C14H11ClN2OS/c15-9-5-6-10(16)13(7-9)19-8-14-17-11-3-1-2-4-12(11)18-14/h1-7H,8,16H2. The molecule has 1 heterocycles. The van der Waals surface area contributed by atoms with Crippen molar-refractivity contribution in [1.82, 2.24) is 4.98 Å². The van der Waals surface area contributed by atoms with Crippen LogP contribution in [0, 0.1) is 0 Å². The van der Waals surface area contributed by atoms with Gasteiger partial charge < -0.3 is 10.2 Å². The summed E-state index contributed by atoms with van der Waals surface area (Å²) in [6, 6.07) is 13.1. The van der Waals surface area contributed by atoms with Gasteiger partial charge in [0.05, 0.1) is 5.75 Å². The van der Waals surface area contributed by atoms with Gasteiger partial charge in [-0.05, 0) is 30.3 Å². The van der Waals surface area contributed by atoms with E-state index in [0.717, 1.165) is 16.0 Å². The summed E-state index contributed by atoms with van der Waals surface area (Å²) in [5.74, 6) is 1.31. The van der Waals surface area contributed by atoms with Crippen molar-refractivity contribution in [2.75, 3.05) is 5.73 Å². The van der Waals surface area contributed by atoms with E-state index in [2.05, 4.69) is 4.98 Å². The maximum Gasteiger partial charge on any atom is 0.205 e. The molecule has 0 aliphatic carbocycles. The zero-order valence-corrected chi connectivity index (χ0v) is 11.5. The quantitative estimate of drug-likeness (QED) is 0.575. The van der Waals surface area contributed by atoms with Gasteiger partial charge in [-0.15, -0.1) is 11.8 Å². The second-order valence-electron chi connectivity index (χ2n) is 4.05. The lowest BCUT2D eigenvalue weighted by Gasteiger charge is -2.03. The average Bonchev–Trinajstić information content (AvgIpc) is 2.82. The predicted molar refractivity (Wildman–Crippen MR) is 79.4 cm³/mol. The van der Waals surface area contributed by atoms with E-state index < -0.39 is 0 Å². The number of anilines is 1. The first-order chi connectivity index (χ1) is 9.22. The van der Waals surface area contributed by atoms with E-state index in [1.165, 1.54) is 0 Å². The van der Waals surface area contributed by atoms with Gasteiger partial charge in [-0.2, -0.15) is 0 Å². The molecule has 2 N–H and O–H groups in total. The largest absolute Gasteiger partial charge is 0.440 e. The van der Waals surface area contributed by atoms with Gasteiger partial charge in [0.2, 0.25) is 5.89 Å². The van der Waals surface area contributed by atoms with E-state index in [9.17, 15) is 0 Å². The number of rotatable bonds is 3. The zero-order valence-electron chi connectivity index (χ0n) is 9.97. The molecule has 3 nitrogen and oxygen atoms in total. The van der Waals surface area contributed by atoms with E-state index in [1.54, 1.807) is 23.9 Å². The van der Waals surface area contributed by atoms with E-state index in [0.29, 0.717) is 22.4 Å². The number of nitrogens with two attached hydrogens (primary N) is 1. The predicted octanol–water partition coefficient (Wildman–Crippen LogP) is 4.36. The summed E-state index contributed by atoms with van der Waals surface area (Å²) in [7, 11) is 0. The van der Waals surface area contributed by atoms with E-state index in [1.807, 2.05) is 30.3 Å². The molecule has 0 bridgehead atoms. The van der Waals surface area contributed by atoms with Crippen molar-refractivity contribution in [2.24, 2.45) is 0 Å². The van der Waals surface area contributed by atoms with Crippen molar-refractivity contribution in [3.8, 4) is 0 Å². The van der Waals surface area contributed by atoms with Crippen LogP contribution in [0.4, 0.5) is 5.69 Å². The lowest BCUT2D eigenvalue weighted by molar-refractivity contribution is 0.556. The molecule has 96 valence electrons. The fraction of sp³-hybridized carbons (Fsp3) is 0.0714. The molecule has 0 spiro atoms. The van der Waals surface area contributed by atoms with Crippen molar-refractivity contribution < 1.29 is 4.42 Å². The van der Waals surface area contributed by atoms with Gasteiger partial charge in [0.1, 0.15) is 5.52 Å². The fourth-order valence-corrected chi connectivity index (χ4v) is 2.84. The number of nitrogens with zero attached hydrogens (tertiary/aromatic N) is 1. The van der Waals surface area contributed by atoms with Crippen molar-refractivity contribution in [2.45, 2.75) is 10.6 Å². The SMILES string of the molecule is Nc1ccc(Cl)cc1SCc1nc2ccccc2o1. The summed E-state index contributed by atoms with van der Waals surface area (Å²) in [6.45, 7) is 0. The molecular formula is C14H11ClN2OS. The lowest BCUT2D eigenvalue weighted by atomic mass is 10.3. The van der Waals surface area contributed by atoms with Gasteiger partial charge in [-0.1, -0.05) is 23.7 Å². The molecule has 0 fully saturated rings. The maximum atomic E-state index is 5.95. The molecule has 0 aliphatic rings. The Morgan fingerprint density at radius 2 is 2.05 bits per heavy atom. The van der Waals surface area contributed by atoms with E-state index in [-0.39, 0.29) is 0 Å². The second-order valence-corrected chi connectivity index (χ2v) is 5.50. The first-order valence-electron chi connectivity index (χ1n) is 5.74. The van der Waals surface area contributed by atoms with Crippen molar-refractivity contribution in [1.29, 1.82) is 0 Å². The molecule has 0 amide bonds. The fourth-order valence-electron chi connectivity index (χ4n) is 1.75. The van der Waals surface area contributed by atoms with Crippen LogP contribution in [-0.2, 0) is 5.75 Å². The minimum absolute atomic E-state index is 0.624. The van der Waals surface area contributed by atoms with Crippen LogP contribution in [0.2, 0.25) is 5.02 Å². The Labute approximate surface area is 119 Å². The Morgan fingerprint density at radius 1 is 1.21 bits per heavy atom. The molecule has 3 aromatic rings. The number of benzene rings is 2. The Morgan fingerprint density at radius 3 is 2.89 bits per heavy atom. The van der Waals surface area contributed by atoms with Crippen molar-refractivity contribution >= 4 is 40.1 Å². The number of hydrogen-bond donors (Lipinski definition) is 1. The number of nitrogen functional groups attached to an aromatic ring is 1. The highest BCUT2D eigenvalue weighted by Crippen LogP contribution is 2.31. The monoisotopic (exact) mass is 290 g/mol. The third kappa shape index (κ3) is 2.69. The van der Waals surface area contributed by atoms with Gasteiger partial charge >= 0.3 is 0 Å². The summed E-state index contributed by atoms with van der Waals surface area (Å²) in [4.78, 5) is 5.36. The molecule has 0 atom stereocenters. The Kier molecular flexibility index (Phi) is 3.36. The summed E-state index contributed by atoms with van der Waals surface area (Å²) in [5, 5.41) is 0.675. The normalized spacial score (nSPS) is 11.0. The van der Waals surface area contributed by atoms with Gasteiger partial charge in [0.25, 0.3) is 0 Å². The van der Waals surface area contributed by atoms with Crippen LogP contribution in [0.3, 0.4) is 0 Å². The van der Waals surface area contributed by atoms with Gasteiger partial charge in [0, 0.05) is 15.6 Å². The molecule has 0 unspecified atom stereocenters. The molecule has 1 aromatic heterocycles. The molecule has 0 saturated heterocycles. The first-order valence-corrected chi connectivity index (χ1v) is 7.11. The summed E-state index contributed by atoms with van der Waals surface area (Å²) < 4.78 is 5.65.